The molecule has 0 saturated carbocycles. The van der Waals surface area contributed by atoms with Gasteiger partial charge in [-0.1, -0.05) is 24.6 Å². The van der Waals surface area contributed by atoms with E-state index in [1.807, 2.05) is 62.5 Å². The Bertz CT molecular complexity index is 1320. The first kappa shape index (κ1) is 27.2. The number of halogens is 1. The number of benzene rings is 1. The van der Waals surface area contributed by atoms with Gasteiger partial charge in [0.2, 0.25) is 5.75 Å². The van der Waals surface area contributed by atoms with E-state index in [-0.39, 0.29) is 12.0 Å². The van der Waals surface area contributed by atoms with Gasteiger partial charge in [-0.05, 0) is 38.5 Å². The highest BCUT2D eigenvalue weighted by Gasteiger charge is 2.38. The molecule has 200 valence electrons. The van der Waals surface area contributed by atoms with E-state index >= 15 is 0 Å². The number of aliphatic imine (C=N–C) groups is 1. The minimum Gasteiger partial charge on any atom is -0.486 e. The largest absolute Gasteiger partial charge is 0.486 e. The highest BCUT2D eigenvalue weighted by molar-refractivity contribution is 6.37. The van der Waals surface area contributed by atoms with Crippen LogP contribution in [0.15, 0.2) is 29.4 Å². The second kappa shape index (κ2) is 10.5. The molecule has 3 aromatic rings. The van der Waals surface area contributed by atoms with Gasteiger partial charge >= 0.3 is 0 Å². The summed E-state index contributed by atoms with van der Waals surface area (Å²) in [5.74, 6) is 2.32. The van der Waals surface area contributed by atoms with Gasteiger partial charge in [0, 0.05) is 31.4 Å². The van der Waals surface area contributed by atoms with E-state index in [1.54, 1.807) is 13.3 Å². The molecule has 10 heteroatoms. The van der Waals surface area contributed by atoms with Gasteiger partial charge in [-0.15, -0.1) is 0 Å². The Morgan fingerprint density at radius 3 is 2.68 bits per heavy atom. The van der Waals surface area contributed by atoms with E-state index in [2.05, 4.69) is 21.9 Å². The molecule has 1 saturated heterocycles. The van der Waals surface area contributed by atoms with Crippen LogP contribution >= 0.6 is 11.6 Å². The van der Waals surface area contributed by atoms with Crippen LogP contribution in [-0.2, 0) is 17.4 Å². The molecule has 1 aromatic carbocycles. The maximum Gasteiger partial charge on any atom is 0.258 e. The van der Waals surface area contributed by atoms with Crippen LogP contribution in [0.5, 0.6) is 11.6 Å². The molecule has 0 unspecified atom stereocenters. The van der Waals surface area contributed by atoms with Crippen LogP contribution in [0.3, 0.4) is 0 Å². The third-order valence-corrected chi connectivity index (χ3v) is 7.41. The molecule has 1 aliphatic heterocycles. The predicted molar refractivity (Wildman–Crippen MR) is 145 cm³/mol. The number of aryl methyl sites for hydroxylation is 1. The molecule has 4 rings (SSSR count). The van der Waals surface area contributed by atoms with Crippen molar-refractivity contribution in [2.45, 2.75) is 33.3 Å². The van der Waals surface area contributed by atoms with Gasteiger partial charge in [0.1, 0.15) is 11.4 Å². The predicted octanol–water partition coefficient (Wildman–Crippen LogP) is 3.96. The Balaban J connectivity index is 1.82. The second-order valence-electron chi connectivity index (χ2n) is 10.1. The van der Waals surface area contributed by atoms with Crippen molar-refractivity contribution in [3.63, 3.8) is 0 Å². The summed E-state index contributed by atoms with van der Waals surface area (Å²) >= 11 is 6.91. The molecular weight excluding hydrogens is 494 g/mol. The van der Waals surface area contributed by atoms with Gasteiger partial charge < -0.3 is 28.8 Å². The summed E-state index contributed by atoms with van der Waals surface area (Å²) < 4.78 is 18.9. The molecule has 3 heterocycles. The summed E-state index contributed by atoms with van der Waals surface area (Å²) in [5.41, 5.74) is 0.457. The number of aromatic nitrogens is 3. The smallest absolute Gasteiger partial charge is 0.258 e. The van der Waals surface area contributed by atoms with E-state index in [0.29, 0.717) is 65.2 Å². The third kappa shape index (κ3) is 5.12. The molecule has 2 aromatic heterocycles. The molecule has 1 atom stereocenters. The van der Waals surface area contributed by atoms with Gasteiger partial charge in [0.05, 0.1) is 61.7 Å². The van der Waals surface area contributed by atoms with Crippen LogP contribution in [0.25, 0.3) is 10.9 Å². The molecule has 0 spiro atoms. The van der Waals surface area contributed by atoms with E-state index in [1.165, 1.54) is 0 Å². The number of rotatable bonds is 9. The van der Waals surface area contributed by atoms with Gasteiger partial charge in [-0.25, -0.2) is 9.97 Å². The van der Waals surface area contributed by atoms with Crippen LogP contribution in [-0.4, -0.2) is 77.4 Å². The molecule has 9 nitrogen and oxygen atoms in total. The minimum atomic E-state index is -1.41. The molecule has 1 aliphatic rings. The van der Waals surface area contributed by atoms with Crippen molar-refractivity contribution in [1.29, 1.82) is 0 Å². The van der Waals surface area contributed by atoms with E-state index in [0.717, 1.165) is 11.7 Å². The first-order valence-electron chi connectivity index (χ1n) is 12.3. The van der Waals surface area contributed by atoms with Crippen LogP contribution in [0.1, 0.15) is 37.9 Å². The highest BCUT2D eigenvalue weighted by Crippen LogP contribution is 2.42. The summed E-state index contributed by atoms with van der Waals surface area (Å²) in [7, 11) is 5.35. The quantitative estimate of drug-likeness (QED) is 0.331. The Kier molecular flexibility index (Phi) is 7.69. The second-order valence-corrected chi connectivity index (χ2v) is 10.5. The number of aliphatic hydroxyl groups is 1. The van der Waals surface area contributed by atoms with Crippen LogP contribution in [0.4, 0.5) is 0 Å². The number of nitrogens with zero attached hydrogens (tertiary/aromatic N) is 5. The Labute approximate surface area is 223 Å². The maximum atomic E-state index is 12.3. The van der Waals surface area contributed by atoms with Gasteiger partial charge in [-0.2, -0.15) is 0 Å². The van der Waals surface area contributed by atoms with Gasteiger partial charge in [0.25, 0.3) is 5.88 Å². The molecular formula is C27H36ClN5O4. The molecule has 1 N–H and O–H groups in total. The van der Waals surface area contributed by atoms with E-state index < -0.39 is 5.60 Å². The summed E-state index contributed by atoms with van der Waals surface area (Å²) in [6, 6.07) is 5.57. The fourth-order valence-corrected chi connectivity index (χ4v) is 4.79. The molecule has 37 heavy (non-hydrogen) atoms. The molecule has 0 aliphatic carbocycles. The lowest BCUT2D eigenvalue weighted by Crippen LogP contribution is -2.44. The van der Waals surface area contributed by atoms with Crippen molar-refractivity contribution in [2.24, 2.45) is 17.5 Å². The van der Waals surface area contributed by atoms with Crippen molar-refractivity contribution in [2.75, 3.05) is 47.1 Å². The molecule has 0 amide bonds. The first-order chi connectivity index (χ1) is 17.5. The number of imidazole rings is 1. The standard InChI is InChI=1S/C27H36ClN5O4/c1-8-29-17(2)32(5)13-27(34,22-12-30-18(3)33(22)6)19-9-10-21-20(11-19)23(28)24(25(31-21)35-7)37-16-26(4)14-36-15-26/h9-12,34H,8,13-16H2,1-7H3/b29-17-/t27-/m0/s1. The fraction of sp³-hybridized carbons (Fsp3) is 0.519. The number of fused-ring (bicyclic) bond motifs is 1. The van der Waals surface area contributed by atoms with Crippen molar-refractivity contribution in [3.05, 3.63) is 46.5 Å². The normalized spacial score (nSPS) is 16.8. The number of pyridine rings is 1. The molecule has 1 fully saturated rings. The third-order valence-electron chi connectivity index (χ3n) is 7.04. The van der Waals surface area contributed by atoms with E-state index in [4.69, 9.17) is 25.8 Å². The molecule has 0 bridgehead atoms. The monoisotopic (exact) mass is 529 g/mol. The van der Waals surface area contributed by atoms with Gasteiger partial charge in [-0.3, -0.25) is 4.99 Å². The lowest BCUT2D eigenvalue weighted by molar-refractivity contribution is -0.120. The topological polar surface area (TPSA) is 94.2 Å². The van der Waals surface area contributed by atoms with E-state index in [9.17, 15) is 5.11 Å². The Morgan fingerprint density at radius 1 is 1.38 bits per heavy atom. The van der Waals surface area contributed by atoms with Crippen molar-refractivity contribution >= 4 is 28.3 Å². The zero-order valence-corrected chi connectivity index (χ0v) is 23.4. The zero-order valence-electron chi connectivity index (χ0n) is 22.6. The van der Waals surface area contributed by atoms with Crippen molar-refractivity contribution < 1.29 is 19.3 Å². The fourth-order valence-electron chi connectivity index (χ4n) is 4.50. The van der Waals surface area contributed by atoms with Crippen LogP contribution in [0, 0.1) is 12.3 Å². The number of likely N-dealkylation sites (N-methyl/N-ethyl adjacent to an activating group) is 1. The first-order valence-corrected chi connectivity index (χ1v) is 12.7. The Morgan fingerprint density at radius 2 is 2.11 bits per heavy atom. The SMILES string of the molecule is CC/N=C(/C)N(C)C[C@](O)(c1ccc2nc(OC)c(OCC3(C)COC3)c(Cl)c2c1)c1cnc(C)n1C. The number of ether oxygens (including phenoxy) is 3. The number of hydrogen-bond donors (Lipinski definition) is 1. The Hall–Kier alpha value is -2.88. The lowest BCUT2D eigenvalue weighted by atomic mass is 9.88. The highest BCUT2D eigenvalue weighted by atomic mass is 35.5. The summed E-state index contributed by atoms with van der Waals surface area (Å²) in [5, 5.41) is 13.4. The average Bonchev–Trinajstić information content (AvgIpc) is 3.20. The summed E-state index contributed by atoms with van der Waals surface area (Å²) in [4.78, 5) is 15.5. The minimum absolute atomic E-state index is 0.0781. The number of amidine groups is 1. The zero-order chi connectivity index (χ0) is 27.0. The van der Waals surface area contributed by atoms with Crippen molar-refractivity contribution in [3.8, 4) is 11.6 Å². The lowest BCUT2D eigenvalue weighted by Gasteiger charge is -2.37. The van der Waals surface area contributed by atoms with Crippen LogP contribution in [0.2, 0.25) is 5.02 Å². The summed E-state index contributed by atoms with van der Waals surface area (Å²) in [6.45, 7) is 10.5. The van der Waals surface area contributed by atoms with Gasteiger partial charge in [0.15, 0.2) is 0 Å². The number of methoxy groups -OCH3 is 1. The van der Waals surface area contributed by atoms with Crippen LogP contribution < -0.4 is 9.47 Å². The maximum absolute atomic E-state index is 12.3. The number of hydrogen-bond acceptors (Lipinski definition) is 7. The summed E-state index contributed by atoms with van der Waals surface area (Å²) in [6.07, 6.45) is 1.71. The average molecular weight is 530 g/mol. The van der Waals surface area contributed by atoms with Crippen molar-refractivity contribution in [1.82, 2.24) is 19.4 Å². The molecule has 0 radical (unpaired) electrons.